The third-order valence-corrected chi connectivity index (χ3v) is 18.0. The molecule has 17 aromatic rings. The standard InChI is InChI=1S/C87H57N5/c1-2-18-58(19-3-1)63-20-12-24-67(52-63)68-25-13-21-64(53-68)59-40-42-62(43-41-59)85-88-86(73-30-16-28-71(56-73)69-26-14-22-65(54-69)60-44-48-75(49-45-60)91-81-36-8-4-32-77(81)78-33-5-9-37-82(78)91)90-87(89-85)74-31-17-29-72(57-74)70-27-15-23-66(55-70)61-46-50-76(51-47-61)92-83-38-10-6-34-79(83)80-35-7-11-39-84(80)92/h1-57H. The molecule has 17 rings (SSSR count). The molecule has 92 heavy (non-hydrogen) atoms. The molecule has 0 unspecified atom stereocenters. The zero-order valence-electron chi connectivity index (χ0n) is 50.1. The van der Waals surface area contributed by atoms with Gasteiger partial charge in [-0.15, -0.1) is 0 Å². The van der Waals surface area contributed by atoms with Gasteiger partial charge in [0.05, 0.1) is 22.1 Å². The predicted molar refractivity (Wildman–Crippen MR) is 383 cm³/mol. The molecule has 0 saturated heterocycles. The summed E-state index contributed by atoms with van der Waals surface area (Å²) in [7, 11) is 0. The van der Waals surface area contributed by atoms with E-state index in [1.54, 1.807) is 0 Å². The fraction of sp³-hybridized carbons (Fsp3) is 0. The zero-order chi connectivity index (χ0) is 60.9. The summed E-state index contributed by atoms with van der Waals surface area (Å²) in [5, 5.41) is 5.01. The maximum Gasteiger partial charge on any atom is 0.164 e. The molecule has 14 aromatic carbocycles. The number of hydrogen-bond acceptors (Lipinski definition) is 3. The second-order valence-electron chi connectivity index (χ2n) is 23.6. The summed E-state index contributed by atoms with van der Waals surface area (Å²) < 4.78 is 4.72. The van der Waals surface area contributed by atoms with Gasteiger partial charge >= 0.3 is 0 Å². The molecular weight excluding hydrogens is 1110 g/mol. The maximum absolute atomic E-state index is 5.34. The highest BCUT2D eigenvalue weighted by Gasteiger charge is 2.18. The van der Waals surface area contributed by atoms with Crippen LogP contribution in [0, 0.1) is 0 Å². The molecule has 0 saturated carbocycles. The molecule has 3 aromatic heterocycles. The van der Waals surface area contributed by atoms with Gasteiger partial charge in [-0.3, -0.25) is 0 Å². The van der Waals surface area contributed by atoms with Crippen molar-refractivity contribution in [3.05, 3.63) is 346 Å². The van der Waals surface area contributed by atoms with Gasteiger partial charge in [-0.25, -0.2) is 15.0 Å². The second kappa shape index (κ2) is 23.0. The van der Waals surface area contributed by atoms with Gasteiger partial charge < -0.3 is 9.13 Å². The van der Waals surface area contributed by atoms with Crippen molar-refractivity contribution >= 4 is 43.6 Å². The molecule has 0 aliphatic heterocycles. The number of hydrogen-bond donors (Lipinski definition) is 0. The smallest absolute Gasteiger partial charge is 0.164 e. The molecule has 430 valence electrons. The Kier molecular flexibility index (Phi) is 13.5. The van der Waals surface area contributed by atoms with Crippen molar-refractivity contribution in [2.45, 2.75) is 0 Å². The average Bonchev–Trinajstić information content (AvgIpc) is 1.67. The number of fused-ring (bicyclic) bond motifs is 6. The van der Waals surface area contributed by atoms with E-state index in [0.717, 1.165) is 89.3 Å². The minimum atomic E-state index is 0.593. The molecule has 0 fully saturated rings. The Balaban J connectivity index is 0.706. The van der Waals surface area contributed by atoms with E-state index in [0.29, 0.717) is 17.5 Å². The van der Waals surface area contributed by atoms with Crippen molar-refractivity contribution in [1.82, 2.24) is 24.1 Å². The van der Waals surface area contributed by atoms with E-state index in [1.165, 1.54) is 60.3 Å². The van der Waals surface area contributed by atoms with Gasteiger partial charge in [0.15, 0.2) is 17.5 Å². The monoisotopic (exact) mass is 1170 g/mol. The van der Waals surface area contributed by atoms with Crippen molar-refractivity contribution in [2.24, 2.45) is 0 Å². The van der Waals surface area contributed by atoms with E-state index in [-0.39, 0.29) is 0 Å². The first kappa shape index (κ1) is 53.9. The van der Waals surface area contributed by atoms with E-state index in [1.807, 2.05) is 0 Å². The van der Waals surface area contributed by atoms with Gasteiger partial charge in [0, 0.05) is 49.6 Å². The molecule has 0 aliphatic carbocycles. The van der Waals surface area contributed by atoms with Crippen LogP contribution in [-0.2, 0) is 0 Å². The topological polar surface area (TPSA) is 48.5 Å². The summed E-state index contributed by atoms with van der Waals surface area (Å²) in [6.07, 6.45) is 0. The van der Waals surface area contributed by atoms with Gasteiger partial charge in [0.2, 0.25) is 0 Å². The molecule has 0 radical (unpaired) electrons. The highest BCUT2D eigenvalue weighted by atomic mass is 15.0. The molecule has 0 N–H and O–H groups in total. The molecule has 0 aliphatic rings. The second-order valence-corrected chi connectivity index (χ2v) is 23.6. The van der Waals surface area contributed by atoms with Crippen LogP contribution < -0.4 is 0 Å². The molecule has 0 amide bonds. The number of rotatable bonds is 12. The fourth-order valence-electron chi connectivity index (χ4n) is 13.4. The van der Waals surface area contributed by atoms with Crippen LogP contribution in [0.4, 0.5) is 0 Å². The lowest BCUT2D eigenvalue weighted by Crippen LogP contribution is -2.00. The summed E-state index contributed by atoms with van der Waals surface area (Å²) in [6.45, 7) is 0. The first-order valence-corrected chi connectivity index (χ1v) is 31.3. The van der Waals surface area contributed by atoms with Crippen molar-refractivity contribution < 1.29 is 0 Å². The third kappa shape index (κ3) is 10.0. The number of benzene rings is 14. The largest absolute Gasteiger partial charge is 0.309 e. The minimum Gasteiger partial charge on any atom is -0.309 e. The zero-order valence-corrected chi connectivity index (χ0v) is 50.1. The summed E-state index contributed by atoms with van der Waals surface area (Å²) >= 11 is 0. The highest BCUT2D eigenvalue weighted by Crippen LogP contribution is 2.39. The fourth-order valence-corrected chi connectivity index (χ4v) is 13.4. The van der Waals surface area contributed by atoms with Crippen LogP contribution in [0.2, 0.25) is 0 Å². The van der Waals surface area contributed by atoms with Crippen molar-refractivity contribution in [3.63, 3.8) is 0 Å². The molecular formula is C87H57N5. The average molecular weight is 1170 g/mol. The summed E-state index contributed by atoms with van der Waals surface area (Å²) in [4.78, 5) is 16.0. The number of aromatic nitrogens is 5. The van der Waals surface area contributed by atoms with E-state index in [9.17, 15) is 0 Å². The van der Waals surface area contributed by atoms with Crippen LogP contribution in [0.3, 0.4) is 0 Å². The van der Waals surface area contributed by atoms with Gasteiger partial charge in [0.1, 0.15) is 0 Å². The maximum atomic E-state index is 5.34. The van der Waals surface area contributed by atoms with Crippen LogP contribution in [0.5, 0.6) is 0 Å². The first-order valence-electron chi connectivity index (χ1n) is 31.3. The SMILES string of the molecule is c1ccc(-c2cccc(-c3cccc(-c4ccc(-c5nc(-c6cccc(-c7cccc(-c8ccc(-n9c%10ccccc%10c%10ccccc%109)cc8)c7)c6)nc(-c6cccc(-c7cccc(-c8ccc(-n9c%10ccccc%10c%10ccccc%109)cc8)c7)c6)n5)cc4)c3)c2)cc1. The first-order chi connectivity index (χ1) is 45.6. The van der Waals surface area contributed by atoms with E-state index >= 15 is 0 Å². The Morgan fingerprint density at radius 1 is 0.152 bits per heavy atom. The Morgan fingerprint density at radius 3 is 0.674 bits per heavy atom. The van der Waals surface area contributed by atoms with Crippen LogP contribution in [0.15, 0.2) is 346 Å². The van der Waals surface area contributed by atoms with Crippen molar-refractivity contribution in [2.75, 3.05) is 0 Å². The Labute approximate surface area is 533 Å². The van der Waals surface area contributed by atoms with Gasteiger partial charge in [0.25, 0.3) is 0 Å². The molecule has 0 spiro atoms. The summed E-state index contributed by atoms with van der Waals surface area (Å²) in [5.74, 6) is 1.78. The molecule has 3 heterocycles. The molecule has 5 heteroatoms. The van der Waals surface area contributed by atoms with Crippen LogP contribution in [0.1, 0.15) is 0 Å². The van der Waals surface area contributed by atoms with E-state index in [2.05, 4.69) is 355 Å². The Morgan fingerprint density at radius 2 is 0.359 bits per heavy atom. The third-order valence-electron chi connectivity index (χ3n) is 18.0. The van der Waals surface area contributed by atoms with Crippen LogP contribution in [0.25, 0.3) is 167 Å². The van der Waals surface area contributed by atoms with Gasteiger partial charge in [-0.1, -0.05) is 261 Å². The Hall–Kier alpha value is -12.3. The quantitative estimate of drug-likeness (QED) is 0.122. The molecule has 0 bridgehead atoms. The van der Waals surface area contributed by atoms with E-state index < -0.39 is 0 Å². The van der Waals surface area contributed by atoms with Crippen molar-refractivity contribution in [3.8, 4) is 123 Å². The lowest BCUT2D eigenvalue weighted by atomic mass is 9.96. The molecule has 5 nitrogen and oxygen atoms in total. The predicted octanol–water partition coefficient (Wildman–Crippen LogP) is 22.7. The summed E-state index contributed by atoms with van der Waals surface area (Å²) in [6, 6.07) is 124. The summed E-state index contributed by atoms with van der Waals surface area (Å²) in [5.41, 5.74) is 25.6. The van der Waals surface area contributed by atoms with Crippen LogP contribution >= 0.6 is 0 Å². The van der Waals surface area contributed by atoms with Crippen LogP contribution in [-0.4, -0.2) is 24.1 Å². The van der Waals surface area contributed by atoms with Crippen molar-refractivity contribution in [1.29, 1.82) is 0 Å². The number of nitrogens with zero attached hydrogens (tertiary/aromatic N) is 5. The minimum absolute atomic E-state index is 0.593. The Bertz CT molecular complexity index is 5250. The normalized spacial score (nSPS) is 11.5. The van der Waals surface area contributed by atoms with E-state index in [4.69, 9.17) is 15.0 Å². The molecule has 0 atom stereocenters. The highest BCUT2D eigenvalue weighted by molar-refractivity contribution is 6.10. The lowest BCUT2D eigenvalue weighted by Gasteiger charge is -2.12. The van der Waals surface area contributed by atoms with Gasteiger partial charge in [-0.05, 0) is 163 Å². The lowest BCUT2D eigenvalue weighted by molar-refractivity contribution is 1.07. The number of para-hydroxylation sites is 4. The van der Waals surface area contributed by atoms with Gasteiger partial charge in [-0.2, -0.15) is 0 Å².